The third-order valence-corrected chi connectivity index (χ3v) is 5.09. The Bertz CT molecular complexity index is 305. The molecular formula is C15H24O. The summed E-state index contributed by atoms with van der Waals surface area (Å²) in [7, 11) is 0. The van der Waals surface area contributed by atoms with Gasteiger partial charge >= 0.3 is 0 Å². The normalized spacial score (nSPS) is 40.1. The van der Waals surface area contributed by atoms with Gasteiger partial charge in [0.25, 0.3) is 0 Å². The zero-order valence-electron chi connectivity index (χ0n) is 10.8. The van der Waals surface area contributed by atoms with Crippen LogP contribution < -0.4 is 0 Å². The number of rotatable bonds is 3. The molecule has 0 radical (unpaired) electrons. The van der Waals surface area contributed by atoms with Crippen molar-refractivity contribution in [3.63, 3.8) is 0 Å². The van der Waals surface area contributed by atoms with Crippen LogP contribution in [0.5, 0.6) is 0 Å². The Labute approximate surface area is 99.3 Å². The maximum atomic E-state index is 10.7. The molecule has 0 N–H and O–H groups in total. The van der Waals surface area contributed by atoms with Crippen molar-refractivity contribution >= 4 is 6.29 Å². The topological polar surface area (TPSA) is 17.1 Å². The van der Waals surface area contributed by atoms with E-state index in [0.29, 0.717) is 17.8 Å². The summed E-state index contributed by atoms with van der Waals surface area (Å²) >= 11 is 0. The first kappa shape index (κ1) is 11.9. The van der Waals surface area contributed by atoms with E-state index in [0.717, 1.165) is 18.1 Å². The Kier molecular flexibility index (Phi) is 3.23. The Balaban J connectivity index is 2.19. The van der Waals surface area contributed by atoms with Gasteiger partial charge in [-0.05, 0) is 36.0 Å². The molecule has 0 spiro atoms. The van der Waals surface area contributed by atoms with E-state index in [-0.39, 0.29) is 0 Å². The van der Waals surface area contributed by atoms with E-state index in [2.05, 4.69) is 26.8 Å². The van der Waals surface area contributed by atoms with Gasteiger partial charge in [0.15, 0.2) is 0 Å². The first-order valence-corrected chi connectivity index (χ1v) is 6.73. The lowest BCUT2D eigenvalue weighted by Gasteiger charge is -2.44. The van der Waals surface area contributed by atoms with Crippen molar-refractivity contribution in [2.75, 3.05) is 0 Å². The zero-order valence-corrected chi connectivity index (χ0v) is 10.8. The molecule has 2 aliphatic rings. The number of carbonyl (C=O) groups is 1. The largest absolute Gasteiger partial charge is 0.303 e. The van der Waals surface area contributed by atoms with Crippen molar-refractivity contribution in [2.45, 2.75) is 52.9 Å². The van der Waals surface area contributed by atoms with Crippen LogP contribution in [0.1, 0.15) is 52.9 Å². The maximum absolute atomic E-state index is 10.7. The SMILES string of the molecule is CC(CC=O)C1=CCC2C(C)CCCC12C. The number of hydrogen-bond donors (Lipinski definition) is 0. The van der Waals surface area contributed by atoms with Crippen LogP contribution in [0.25, 0.3) is 0 Å². The second-order valence-corrected chi connectivity index (χ2v) is 6.09. The molecule has 0 saturated heterocycles. The third-order valence-electron chi connectivity index (χ3n) is 5.09. The van der Waals surface area contributed by atoms with Crippen LogP contribution in [-0.2, 0) is 4.79 Å². The molecule has 0 amide bonds. The van der Waals surface area contributed by atoms with Gasteiger partial charge in [-0.15, -0.1) is 0 Å². The molecule has 1 nitrogen and oxygen atoms in total. The molecule has 0 aromatic carbocycles. The highest BCUT2D eigenvalue weighted by molar-refractivity contribution is 5.51. The summed E-state index contributed by atoms with van der Waals surface area (Å²) in [5, 5.41) is 0. The molecule has 0 aromatic rings. The molecule has 0 aliphatic heterocycles. The number of allylic oxidation sites excluding steroid dienone is 2. The molecule has 4 unspecified atom stereocenters. The molecule has 0 bridgehead atoms. The number of hydrogen-bond acceptors (Lipinski definition) is 1. The van der Waals surface area contributed by atoms with Crippen LogP contribution in [0, 0.1) is 23.2 Å². The van der Waals surface area contributed by atoms with Gasteiger partial charge in [-0.2, -0.15) is 0 Å². The van der Waals surface area contributed by atoms with E-state index in [1.54, 1.807) is 5.57 Å². The predicted molar refractivity (Wildman–Crippen MR) is 67.2 cm³/mol. The lowest BCUT2D eigenvalue weighted by atomic mass is 9.60. The lowest BCUT2D eigenvalue weighted by Crippen LogP contribution is -2.35. The minimum Gasteiger partial charge on any atom is -0.303 e. The van der Waals surface area contributed by atoms with Crippen LogP contribution in [0.2, 0.25) is 0 Å². The Morgan fingerprint density at radius 1 is 1.62 bits per heavy atom. The summed E-state index contributed by atoms with van der Waals surface area (Å²) in [5.41, 5.74) is 1.98. The quantitative estimate of drug-likeness (QED) is 0.519. The van der Waals surface area contributed by atoms with Crippen LogP contribution >= 0.6 is 0 Å². The van der Waals surface area contributed by atoms with Gasteiger partial charge < -0.3 is 4.79 Å². The molecule has 90 valence electrons. The molecule has 0 aromatic heterocycles. The average Bonchev–Trinajstić information content (AvgIpc) is 2.57. The Morgan fingerprint density at radius 3 is 3.06 bits per heavy atom. The number of carbonyl (C=O) groups excluding carboxylic acids is 1. The van der Waals surface area contributed by atoms with Gasteiger partial charge in [0.1, 0.15) is 6.29 Å². The van der Waals surface area contributed by atoms with E-state index in [4.69, 9.17) is 0 Å². The van der Waals surface area contributed by atoms with E-state index >= 15 is 0 Å². The fourth-order valence-corrected chi connectivity index (χ4v) is 4.18. The molecule has 2 rings (SSSR count). The first-order valence-electron chi connectivity index (χ1n) is 6.73. The van der Waals surface area contributed by atoms with Gasteiger partial charge in [0, 0.05) is 6.42 Å². The summed E-state index contributed by atoms with van der Waals surface area (Å²) in [6, 6.07) is 0. The van der Waals surface area contributed by atoms with Crippen molar-refractivity contribution in [3.8, 4) is 0 Å². The molecule has 1 heteroatoms. The lowest BCUT2D eigenvalue weighted by molar-refractivity contribution is -0.108. The van der Waals surface area contributed by atoms with E-state index in [1.165, 1.54) is 25.7 Å². The second kappa shape index (κ2) is 4.35. The van der Waals surface area contributed by atoms with E-state index < -0.39 is 0 Å². The molecule has 0 heterocycles. The number of fused-ring (bicyclic) bond motifs is 1. The summed E-state index contributed by atoms with van der Waals surface area (Å²) < 4.78 is 0. The fraction of sp³-hybridized carbons (Fsp3) is 0.800. The molecule has 16 heavy (non-hydrogen) atoms. The van der Waals surface area contributed by atoms with Gasteiger partial charge in [-0.25, -0.2) is 0 Å². The summed E-state index contributed by atoms with van der Waals surface area (Å²) in [6.45, 7) is 7.06. The highest BCUT2D eigenvalue weighted by Crippen LogP contribution is 2.56. The molecular weight excluding hydrogens is 196 g/mol. The van der Waals surface area contributed by atoms with Crippen molar-refractivity contribution in [2.24, 2.45) is 23.2 Å². The van der Waals surface area contributed by atoms with Crippen molar-refractivity contribution < 1.29 is 4.79 Å². The van der Waals surface area contributed by atoms with Crippen LogP contribution in [0.3, 0.4) is 0 Å². The highest BCUT2D eigenvalue weighted by Gasteiger charge is 2.46. The van der Waals surface area contributed by atoms with Crippen LogP contribution in [-0.4, -0.2) is 6.29 Å². The minimum atomic E-state index is 0.403. The van der Waals surface area contributed by atoms with Gasteiger partial charge in [-0.1, -0.05) is 45.3 Å². The fourth-order valence-electron chi connectivity index (χ4n) is 4.18. The zero-order chi connectivity index (χ0) is 11.8. The van der Waals surface area contributed by atoms with Crippen LogP contribution in [0.15, 0.2) is 11.6 Å². The van der Waals surface area contributed by atoms with Gasteiger partial charge in [0.05, 0.1) is 0 Å². The molecule has 4 atom stereocenters. The van der Waals surface area contributed by atoms with Gasteiger partial charge in [-0.3, -0.25) is 0 Å². The average molecular weight is 220 g/mol. The minimum absolute atomic E-state index is 0.403. The molecule has 1 fully saturated rings. The molecule has 2 aliphatic carbocycles. The smallest absolute Gasteiger partial charge is 0.120 e. The Morgan fingerprint density at radius 2 is 2.38 bits per heavy atom. The Hall–Kier alpha value is -0.590. The third kappa shape index (κ3) is 1.74. The van der Waals surface area contributed by atoms with Crippen molar-refractivity contribution in [3.05, 3.63) is 11.6 Å². The number of aldehydes is 1. The van der Waals surface area contributed by atoms with E-state index in [9.17, 15) is 4.79 Å². The maximum Gasteiger partial charge on any atom is 0.120 e. The summed E-state index contributed by atoms with van der Waals surface area (Å²) in [6.07, 6.45) is 9.55. The molecule has 1 saturated carbocycles. The standard InChI is InChI=1S/C15H24O/c1-11-5-4-9-15(3)13(11)6-7-14(15)12(2)8-10-16/h7,10-13H,4-6,8-9H2,1-3H3. The van der Waals surface area contributed by atoms with Crippen molar-refractivity contribution in [1.29, 1.82) is 0 Å². The van der Waals surface area contributed by atoms with Gasteiger partial charge in [0.2, 0.25) is 0 Å². The summed E-state index contributed by atoms with van der Waals surface area (Å²) in [5.74, 6) is 2.15. The van der Waals surface area contributed by atoms with Crippen molar-refractivity contribution in [1.82, 2.24) is 0 Å². The van der Waals surface area contributed by atoms with Crippen LogP contribution in [0.4, 0.5) is 0 Å². The van der Waals surface area contributed by atoms with E-state index in [1.807, 2.05) is 0 Å². The first-order chi connectivity index (χ1) is 7.59. The second-order valence-electron chi connectivity index (χ2n) is 6.09. The predicted octanol–water partition coefficient (Wildman–Crippen LogP) is 3.98. The summed E-state index contributed by atoms with van der Waals surface area (Å²) in [4.78, 5) is 10.7. The monoisotopic (exact) mass is 220 g/mol. The highest BCUT2D eigenvalue weighted by atomic mass is 16.1.